The van der Waals surface area contributed by atoms with Crippen molar-refractivity contribution in [2.24, 2.45) is 0 Å². The van der Waals surface area contributed by atoms with Crippen molar-refractivity contribution in [3.8, 4) is 27.4 Å². The van der Waals surface area contributed by atoms with E-state index in [1.54, 1.807) is 11.3 Å². The Bertz CT molecular complexity index is 955. The summed E-state index contributed by atoms with van der Waals surface area (Å²) in [4.78, 5) is 17.7. The van der Waals surface area contributed by atoms with Gasteiger partial charge in [-0.25, -0.2) is 9.78 Å². The number of aryl methyl sites for hydroxylation is 1. The summed E-state index contributed by atoms with van der Waals surface area (Å²) in [5.74, 6) is 0.220. The molecule has 3 rings (SSSR count). The highest BCUT2D eigenvalue weighted by atomic mass is 32.1. The van der Waals surface area contributed by atoms with Crippen LogP contribution in [0, 0.1) is 0 Å². The first-order valence-corrected chi connectivity index (χ1v) is 11.5. The molecule has 1 heterocycles. The lowest BCUT2D eigenvalue weighted by Crippen LogP contribution is -2.03. The molecule has 0 aliphatic rings. The van der Waals surface area contributed by atoms with Crippen molar-refractivity contribution in [3.63, 3.8) is 0 Å². The van der Waals surface area contributed by atoms with Crippen LogP contribution in [0.2, 0.25) is 0 Å². The van der Waals surface area contributed by atoms with Gasteiger partial charge in [-0.3, -0.25) is 0 Å². The molecule has 0 unspecified atom stereocenters. The minimum atomic E-state index is -0.335. The number of benzene rings is 2. The molecular weight excluding hydrogens is 390 g/mol. The van der Waals surface area contributed by atoms with Gasteiger partial charge in [-0.2, -0.15) is 0 Å². The molecule has 0 aliphatic carbocycles. The molecule has 0 saturated heterocycles. The van der Waals surface area contributed by atoms with Crippen molar-refractivity contribution in [2.45, 2.75) is 52.4 Å². The Morgan fingerprint density at radius 3 is 2.27 bits per heavy atom. The van der Waals surface area contributed by atoms with Gasteiger partial charge >= 0.3 is 5.97 Å². The van der Waals surface area contributed by atoms with E-state index >= 15 is 0 Å². The van der Waals surface area contributed by atoms with E-state index in [1.807, 2.05) is 36.5 Å². The Morgan fingerprint density at radius 1 is 0.933 bits per heavy atom. The summed E-state index contributed by atoms with van der Waals surface area (Å²) in [5.41, 5.74) is 3.36. The third-order valence-electron chi connectivity index (χ3n) is 4.83. The predicted molar refractivity (Wildman–Crippen MR) is 126 cm³/mol. The first-order chi connectivity index (χ1) is 14.7. The highest BCUT2D eigenvalue weighted by Crippen LogP contribution is 2.29. The smallest absolute Gasteiger partial charge is 0.335 e. The molecule has 156 valence electrons. The second-order valence-corrected chi connectivity index (χ2v) is 8.42. The van der Waals surface area contributed by atoms with Crippen LogP contribution in [0.25, 0.3) is 21.7 Å². The van der Waals surface area contributed by atoms with Crippen molar-refractivity contribution in [1.29, 1.82) is 0 Å². The zero-order chi connectivity index (χ0) is 21.2. The molecule has 0 atom stereocenters. The number of allylic oxidation sites excluding steroid dienone is 1. The minimum absolute atomic E-state index is 0.335. The second-order valence-electron chi connectivity index (χ2n) is 7.30. The molecule has 0 amide bonds. The summed E-state index contributed by atoms with van der Waals surface area (Å²) in [5, 5.41) is 1.08. The van der Waals surface area contributed by atoms with Crippen LogP contribution in [-0.2, 0) is 11.2 Å². The maximum Gasteiger partial charge on any atom is 0.335 e. The lowest BCUT2D eigenvalue weighted by molar-refractivity contribution is -0.129. The molecule has 0 saturated carbocycles. The zero-order valence-corrected chi connectivity index (χ0v) is 18.6. The summed E-state index contributed by atoms with van der Waals surface area (Å²) in [6.07, 6.45) is 12.1. The molecule has 3 nitrogen and oxygen atoms in total. The molecule has 0 bridgehead atoms. The maximum absolute atomic E-state index is 11.8. The van der Waals surface area contributed by atoms with Gasteiger partial charge in [0.1, 0.15) is 10.8 Å². The number of unbranched alkanes of at least 4 members (excludes halogenated alkanes) is 3. The summed E-state index contributed by atoms with van der Waals surface area (Å²) in [6, 6.07) is 16.1. The summed E-state index contributed by atoms with van der Waals surface area (Å²) in [7, 11) is 0. The highest BCUT2D eigenvalue weighted by Gasteiger charge is 2.06. The predicted octanol–water partition coefficient (Wildman–Crippen LogP) is 7.47. The average Bonchev–Trinajstić information content (AvgIpc) is 3.24. The van der Waals surface area contributed by atoms with Crippen LogP contribution in [0.1, 0.15) is 50.8 Å². The van der Waals surface area contributed by atoms with Crippen molar-refractivity contribution < 1.29 is 9.53 Å². The fourth-order valence-electron chi connectivity index (χ4n) is 3.12. The molecule has 0 radical (unpaired) electrons. The quantitative estimate of drug-likeness (QED) is 0.148. The first kappa shape index (κ1) is 22.0. The van der Waals surface area contributed by atoms with E-state index in [-0.39, 0.29) is 5.97 Å². The van der Waals surface area contributed by atoms with Gasteiger partial charge in [-0.05, 0) is 42.5 Å². The van der Waals surface area contributed by atoms with E-state index in [4.69, 9.17) is 4.74 Å². The number of hydrogen-bond acceptors (Lipinski definition) is 4. The number of carbonyl (C=O) groups excluding carboxylic acids is 1. The van der Waals surface area contributed by atoms with Crippen molar-refractivity contribution >= 4 is 17.3 Å². The average molecular weight is 420 g/mol. The number of thiazole rings is 1. The summed E-state index contributed by atoms with van der Waals surface area (Å²) in [6.45, 7) is 4.30. The van der Waals surface area contributed by atoms with Crippen LogP contribution in [0.3, 0.4) is 0 Å². The number of ether oxygens (including phenoxy) is 1. The molecule has 0 spiro atoms. The normalized spacial score (nSPS) is 11.1. The number of carbonyl (C=O) groups is 1. The van der Waals surface area contributed by atoms with Gasteiger partial charge in [0.15, 0.2) is 0 Å². The molecule has 1 aromatic heterocycles. The third kappa shape index (κ3) is 6.39. The Labute approximate surface area is 183 Å². The zero-order valence-electron chi connectivity index (χ0n) is 17.8. The van der Waals surface area contributed by atoms with Gasteiger partial charge in [0.05, 0.1) is 0 Å². The van der Waals surface area contributed by atoms with E-state index < -0.39 is 0 Å². The van der Waals surface area contributed by atoms with E-state index in [0.717, 1.165) is 41.0 Å². The topological polar surface area (TPSA) is 39.2 Å². The van der Waals surface area contributed by atoms with E-state index in [9.17, 15) is 4.79 Å². The number of rotatable bonds is 10. The molecule has 0 N–H and O–H groups in total. The van der Waals surface area contributed by atoms with Crippen LogP contribution in [0.4, 0.5) is 0 Å². The first-order valence-electron chi connectivity index (χ1n) is 10.7. The minimum Gasteiger partial charge on any atom is -0.423 e. The maximum atomic E-state index is 11.8. The van der Waals surface area contributed by atoms with E-state index in [0.29, 0.717) is 5.75 Å². The highest BCUT2D eigenvalue weighted by molar-refractivity contribution is 7.15. The van der Waals surface area contributed by atoms with Gasteiger partial charge in [-0.15, -0.1) is 11.3 Å². The largest absolute Gasteiger partial charge is 0.423 e. The molecule has 0 fully saturated rings. The second kappa shape index (κ2) is 11.5. The number of aromatic nitrogens is 1. The summed E-state index contributed by atoms with van der Waals surface area (Å²) < 4.78 is 5.33. The van der Waals surface area contributed by atoms with Crippen LogP contribution in [0.15, 0.2) is 66.9 Å². The van der Waals surface area contributed by atoms with Crippen LogP contribution < -0.4 is 4.74 Å². The van der Waals surface area contributed by atoms with E-state index in [2.05, 4.69) is 43.1 Å². The van der Waals surface area contributed by atoms with Gasteiger partial charge in [0.25, 0.3) is 0 Å². The van der Waals surface area contributed by atoms with E-state index in [1.165, 1.54) is 30.2 Å². The molecule has 0 aliphatic heterocycles. The Balaban J connectivity index is 1.61. The van der Waals surface area contributed by atoms with Crippen LogP contribution in [0.5, 0.6) is 5.75 Å². The number of hydrogen-bond donors (Lipinski definition) is 0. The van der Waals surface area contributed by atoms with Gasteiger partial charge in [0.2, 0.25) is 0 Å². The Kier molecular flexibility index (Phi) is 8.40. The molecular formula is C26H29NO2S. The number of esters is 1. The SMILES string of the molecule is CCC/C=C/C(=O)Oc1ccc(-c2ccc(-c3ncc(CCCCC)s3)cc2)cc1. The fraction of sp³-hybridized carbons (Fsp3) is 0.308. The summed E-state index contributed by atoms with van der Waals surface area (Å²) >= 11 is 1.79. The van der Waals surface area contributed by atoms with Gasteiger partial charge in [0, 0.05) is 22.7 Å². The molecule has 2 aromatic carbocycles. The lowest BCUT2D eigenvalue weighted by atomic mass is 10.0. The Hall–Kier alpha value is -2.72. The lowest BCUT2D eigenvalue weighted by Gasteiger charge is -2.05. The Morgan fingerprint density at radius 2 is 1.60 bits per heavy atom. The van der Waals surface area contributed by atoms with Crippen molar-refractivity contribution in [3.05, 3.63) is 71.8 Å². The number of nitrogens with zero attached hydrogens (tertiary/aromatic N) is 1. The standard InChI is InChI=1S/C26H29NO2S/c1-3-5-7-9-24-19-27-26(30-24)22-13-11-20(12-14-22)21-15-17-23(18-16-21)29-25(28)10-8-6-4-2/h8,10-19H,3-7,9H2,1-2H3/b10-8+. The molecule has 3 aromatic rings. The monoisotopic (exact) mass is 419 g/mol. The third-order valence-corrected chi connectivity index (χ3v) is 5.93. The van der Waals surface area contributed by atoms with Crippen LogP contribution in [-0.4, -0.2) is 11.0 Å². The fourth-order valence-corrected chi connectivity index (χ4v) is 4.08. The van der Waals surface area contributed by atoms with Gasteiger partial charge < -0.3 is 4.74 Å². The van der Waals surface area contributed by atoms with Crippen molar-refractivity contribution in [1.82, 2.24) is 4.98 Å². The van der Waals surface area contributed by atoms with Crippen molar-refractivity contribution in [2.75, 3.05) is 0 Å². The molecule has 30 heavy (non-hydrogen) atoms. The van der Waals surface area contributed by atoms with Crippen LogP contribution >= 0.6 is 11.3 Å². The molecule has 4 heteroatoms. The van der Waals surface area contributed by atoms with Gasteiger partial charge in [-0.1, -0.05) is 75.6 Å².